The summed E-state index contributed by atoms with van der Waals surface area (Å²) in [4.78, 5) is 4.47. The highest BCUT2D eigenvalue weighted by molar-refractivity contribution is 6.29. The largest absolute Gasteiger partial charge is 0.308 e. The fourth-order valence-electron chi connectivity index (χ4n) is 1.73. The summed E-state index contributed by atoms with van der Waals surface area (Å²) >= 11 is 5.69. The lowest BCUT2D eigenvalue weighted by atomic mass is 10.1. The van der Waals surface area contributed by atoms with Crippen molar-refractivity contribution in [2.45, 2.75) is 13.5 Å². The standard InChI is InChI=1S/C14H15ClN2/c1-10(15)8-16-9-12-4-6-14-13(7-12)5-3-11(2)17-14/h3-7,16H,1,8-9H2,2H3. The first-order valence-corrected chi connectivity index (χ1v) is 5.93. The lowest BCUT2D eigenvalue weighted by Gasteiger charge is -2.05. The Labute approximate surface area is 106 Å². The fraction of sp³-hybridized carbons (Fsp3) is 0.214. The van der Waals surface area contributed by atoms with E-state index in [0.29, 0.717) is 11.6 Å². The van der Waals surface area contributed by atoms with E-state index in [4.69, 9.17) is 11.6 Å². The van der Waals surface area contributed by atoms with E-state index in [-0.39, 0.29) is 0 Å². The number of aromatic nitrogens is 1. The van der Waals surface area contributed by atoms with Gasteiger partial charge in [-0.05, 0) is 30.7 Å². The Morgan fingerprint density at radius 1 is 1.35 bits per heavy atom. The summed E-state index contributed by atoms with van der Waals surface area (Å²) in [6.07, 6.45) is 0. The normalized spacial score (nSPS) is 10.7. The third-order valence-electron chi connectivity index (χ3n) is 2.54. The molecule has 2 aromatic rings. The molecule has 1 aromatic heterocycles. The number of hydrogen-bond acceptors (Lipinski definition) is 2. The van der Waals surface area contributed by atoms with Crippen molar-refractivity contribution in [3.8, 4) is 0 Å². The van der Waals surface area contributed by atoms with Gasteiger partial charge in [-0.15, -0.1) is 0 Å². The predicted molar refractivity (Wildman–Crippen MR) is 73.2 cm³/mol. The number of pyridine rings is 1. The van der Waals surface area contributed by atoms with Crippen LogP contribution in [0.15, 0.2) is 41.9 Å². The maximum atomic E-state index is 5.69. The van der Waals surface area contributed by atoms with E-state index in [9.17, 15) is 0 Å². The summed E-state index contributed by atoms with van der Waals surface area (Å²) < 4.78 is 0. The zero-order valence-electron chi connectivity index (χ0n) is 9.83. The number of halogens is 1. The molecule has 1 N–H and O–H groups in total. The molecule has 0 saturated carbocycles. The summed E-state index contributed by atoms with van der Waals surface area (Å²) in [6.45, 7) is 7.06. The third-order valence-corrected chi connectivity index (χ3v) is 2.67. The quantitative estimate of drug-likeness (QED) is 0.895. The maximum Gasteiger partial charge on any atom is 0.0705 e. The van der Waals surface area contributed by atoms with E-state index in [2.05, 4.69) is 41.1 Å². The number of nitrogens with one attached hydrogen (secondary N) is 1. The van der Waals surface area contributed by atoms with Crippen LogP contribution < -0.4 is 5.32 Å². The lowest BCUT2D eigenvalue weighted by Crippen LogP contribution is -2.14. The van der Waals surface area contributed by atoms with Crippen LogP contribution in [0.5, 0.6) is 0 Å². The van der Waals surface area contributed by atoms with Crippen LogP contribution in [0.3, 0.4) is 0 Å². The minimum Gasteiger partial charge on any atom is -0.308 e. The summed E-state index contributed by atoms with van der Waals surface area (Å²) in [6, 6.07) is 10.4. The first-order valence-electron chi connectivity index (χ1n) is 5.55. The Morgan fingerprint density at radius 2 is 2.18 bits per heavy atom. The highest BCUT2D eigenvalue weighted by Crippen LogP contribution is 2.14. The van der Waals surface area contributed by atoms with E-state index in [1.54, 1.807) is 0 Å². The van der Waals surface area contributed by atoms with Gasteiger partial charge in [0.25, 0.3) is 0 Å². The van der Waals surface area contributed by atoms with E-state index in [1.807, 2.05) is 13.0 Å². The Balaban J connectivity index is 2.14. The van der Waals surface area contributed by atoms with Crippen molar-refractivity contribution in [1.29, 1.82) is 0 Å². The van der Waals surface area contributed by atoms with E-state index in [1.165, 1.54) is 10.9 Å². The summed E-state index contributed by atoms with van der Waals surface area (Å²) in [5, 5.41) is 5.02. The molecule has 2 nitrogen and oxygen atoms in total. The van der Waals surface area contributed by atoms with Gasteiger partial charge in [-0.3, -0.25) is 4.98 Å². The molecule has 0 aliphatic rings. The molecule has 0 fully saturated rings. The second-order valence-electron chi connectivity index (χ2n) is 4.10. The van der Waals surface area contributed by atoms with Crippen LogP contribution in [0.2, 0.25) is 0 Å². The Morgan fingerprint density at radius 3 is 2.94 bits per heavy atom. The van der Waals surface area contributed by atoms with Crippen LogP contribution in [0.1, 0.15) is 11.3 Å². The molecule has 0 aliphatic heterocycles. The minimum atomic E-state index is 0.628. The molecule has 3 heteroatoms. The molecule has 1 aromatic carbocycles. The first kappa shape index (κ1) is 12.1. The topological polar surface area (TPSA) is 24.9 Å². The minimum absolute atomic E-state index is 0.628. The van der Waals surface area contributed by atoms with Gasteiger partial charge >= 0.3 is 0 Å². The molecule has 0 saturated heterocycles. The Bertz CT molecular complexity index is 549. The molecule has 0 radical (unpaired) electrons. The van der Waals surface area contributed by atoms with E-state index in [0.717, 1.165) is 17.8 Å². The number of fused-ring (bicyclic) bond motifs is 1. The second-order valence-corrected chi connectivity index (χ2v) is 4.64. The van der Waals surface area contributed by atoms with Gasteiger partial charge < -0.3 is 5.32 Å². The SMILES string of the molecule is C=C(Cl)CNCc1ccc2nc(C)ccc2c1. The lowest BCUT2D eigenvalue weighted by molar-refractivity contribution is 0.756. The van der Waals surface area contributed by atoms with Crippen molar-refractivity contribution in [3.05, 3.63) is 53.2 Å². The molecule has 0 aliphatic carbocycles. The molecule has 2 rings (SSSR count). The van der Waals surface area contributed by atoms with Gasteiger partial charge in [0.1, 0.15) is 0 Å². The second kappa shape index (κ2) is 5.30. The molecule has 17 heavy (non-hydrogen) atoms. The Hall–Kier alpha value is -1.38. The van der Waals surface area contributed by atoms with Crippen LogP contribution in [0.25, 0.3) is 10.9 Å². The summed E-state index contributed by atoms with van der Waals surface area (Å²) in [5.41, 5.74) is 3.30. The average Bonchev–Trinajstić information content (AvgIpc) is 2.29. The van der Waals surface area contributed by atoms with Crippen molar-refractivity contribution in [1.82, 2.24) is 10.3 Å². The zero-order valence-corrected chi connectivity index (χ0v) is 10.6. The number of benzene rings is 1. The van der Waals surface area contributed by atoms with E-state index >= 15 is 0 Å². The highest BCUT2D eigenvalue weighted by Gasteiger charge is 1.98. The monoisotopic (exact) mass is 246 g/mol. The van der Waals surface area contributed by atoms with Crippen LogP contribution in [-0.4, -0.2) is 11.5 Å². The van der Waals surface area contributed by atoms with E-state index < -0.39 is 0 Å². The van der Waals surface area contributed by atoms with Crippen LogP contribution in [0.4, 0.5) is 0 Å². The maximum absolute atomic E-state index is 5.69. The van der Waals surface area contributed by atoms with Crippen LogP contribution in [0, 0.1) is 6.92 Å². The Kier molecular flexibility index (Phi) is 3.77. The number of nitrogens with zero attached hydrogens (tertiary/aromatic N) is 1. The molecule has 0 bridgehead atoms. The third kappa shape index (κ3) is 3.29. The number of hydrogen-bond donors (Lipinski definition) is 1. The van der Waals surface area contributed by atoms with Gasteiger partial charge in [-0.2, -0.15) is 0 Å². The first-order chi connectivity index (χ1) is 8.15. The van der Waals surface area contributed by atoms with Gasteiger partial charge in [0.15, 0.2) is 0 Å². The van der Waals surface area contributed by atoms with Gasteiger partial charge in [0.05, 0.1) is 5.52 Å². The zero-order chi connectivity index (χ0) is 12.3. The molecule has 0 unspecified atom stereocenters. The summed E-state index contributed by atoms with van der Waals surface area (Å²) in [5.74, 6) is 0. The van der Waals surface area contributed by atoms with Gasteiger partial charge in [0, 0.05) is 29.2 Å². The number of aryl methyl sites for hydroxylation is 1. The average molecular weight is 247 g/mol. The molecule has 0 amide bonds. The van der Waals surface area contributed by atoms with Gasteiger partial charge in [-0.1, -0.05) is 30.3 Å². The van der Waals surface area contributed by atoms with Crippen molar-refractivity contribution in [3.63, 3.8) is 0 Å². The molecular formula is C14H15ClN2. The predicted octanol–water partition coefficient (Wildman–Crippen LogP) is 3.39. The fourth-order valence-corrected chi connectivity index (χ4v) is 1.82. The highest BCUT2D eigenvalue weighted by atomic mass is 35.5. The van der Waals surface area contributed by atoms with Crippen LogP contribution >= 0.6 is 11.6 Å². The van der Waals surface area contributed by atoms with Crippen LogP contribution in [-0.2, 0) is 6.54 Å². The molecule has 88 valence electrons. The van der Waals surface area contributed by atoms with Crippen molar-refractivity contribution >= 4 is 22.5 Å². The van der Waals surface area contributed by atoms with Gasteiger partial charge in [0.2, 0.25) is 0 Å². The van der Waals surface area contributed by atoms with Gasteiger partial charge in [-0.25, -0.2) is 0 Å². The molecule has 0 spiro atoms. The van der Waals surface area contributed by atoms with Crippen molar-refractivity contribution in [2.75, 3.05) is 6.54 Å². The van der Waals surface area contributed by atoms with Crippen molar-refractivity contribution < 1.29 is 0 Å². The summed E-state index contributed by atoms with van der Waals surface area (Å²) in [7, 11) is 0. The molecule has 1 heterocycles. The molecule has 0 atom stereocenters. The number of rotatable bonds is 4. The van der Waals surface area contributed by atoms with Crippen molar-refractivity contribution in [2.24, 2.45) is 0 Å². The molecular weight excluding hydrogens is 232 g/mol. The smallest absolute Gasteiger partial charge is 0.0705 e.